The molecule has 2 rings (SSSR count). The molecule has 0 aliphatic rings. The van der Waals surface area contributed by atoms with Crippen molar-refractivity contribution in [3.63, 3.8) is 0 Å². The van der Waals surface area contributed by atoms with Crippen LogP contribution in [0.5, 0.6) is 5.88 Å². The lowest BCUT2D eigenvalue weighted by atomic mass is 10.1. The molecular formula is C17H19F3N2O. The summed E-state index contributed by atoms with van der Waals surface area (Å²) in [7, 11) is 0. The Kier molecular flexibility index (Phi) is 5.26. The molecule has 23 heavy (non-hydrogen) atoms. The molecule has 2 aromatic rings. The lowest BCUT2D eigenvalue weighted by molar-refractivity contribution is -0.137. The third-order valence-electron chi connectivity index (χ3n) is 3.56. The van der Waals surface area contributed by atoms with Crippen molar-refractivity contribution in [2.45, 2.75) is 26.1 Å². The smallest absolute Gasteiger partial charge is 0.416 e. The van der Waals surface area contributed by atoms with Crippen LogP contribution in [0, 0.1) is 5.92 Å². The molecule has 0 radical (unpaired) electrons. The van der Waals surface area contributed by atoms with Gasteiger partial charge in [-0.3, -0.25) is 0 Å². The van der Waals surface area contributed by atoms with Crippen LogP contribution >= 0.6 is 0 Å². The van der Waals surface area contributed by atoms with E-state index >= 15 is 0 Å². The molecular weight excluding hydrogens is 305 g/mol. The summed E-state index contributed by atoms with van der Waals surface area (Å²) in [5.74, 6) is 0.748. The van der Waals surface area contributed by atoms with Crippen LogP contribution in [-0.2, 0) is 6.18 Å². The second-order valence-electron chi connectivity index (χ2n) is 5.68. The number of ether oxygens (including phenoxy) is 1. The predicted molar refractivity (Wildman–Crippen MR) is 83.0 cm³/mol. The quantitative estimate of drug-likeness (QED) is 0.899. The van der Waals surface area contributed by atoms with E-state index in [4.69, 9.17) is 10.5 Å². The second-order valence-corrected chi connectivity index (χ2v) is 5.68. The Balaban J connectivity index is 2.05. The van der Waals surface area contributed by atoms with Gasteiger partial charge in [0.15, 0.2) is 0 Å². The molecule has 0 unspecified atom stereocenters. The monoisotopic (exact) mass is 324 g/mol. The highest BCUT2D eigenvalue weighted by Crippen LogP contribution is 2.31. The Hall–Kier alpha value is -2.08. The van der Waals surface area contributed by atoms with Crippen LogP contribution in [0.15, 0.2) is 42.6 Å². The van der Waals surface area contributed by atoms with E-state index in [9.17, 15) is 13.2 Å². The molecule has 2 N–H and O–H groups in total. The fraction of sp³-hybridized carbons (Fsp3) is 0.353. The van der Waals surface area contributed by atoms with Crippen LogP contribution in [0.25, 0.3) is 11.1 Å². The standard InChI is InChI=1S/C17H19F3N2O/c1-11(2)15(21)10-23-16-8-5-13(9-22-16)12-3-6-14(7-4-12)17(18,19)20/h3-9,11,15H,10,21H2,1-2H3/t15-/m1/s1. The molecule has 1 heterocycles. The highest BCUT2D eigenvalue weighted by atomic mass is 19.4. The summed E-state index contributed by atoms with van der Waals surface area (Å²) in [6.45, 7) is 4.38. The Labute approximate surface area is 133 Å². The largest absolute Gasteiger partial charge is 0.476 e. The molecule has 0 aliphatic heterocycles. The minimum atomic E-state index is -4.33. The van der Waals surface area contributed by atoms with E-state index in [1.807, 2.05) is 13.8 Å². The number of aromatic nitrogens is 1. The SMILES string of the molecule is CC(C)[C@H](N)COc1ccc(-c2ccc(C(F)(F)F)cc2)cn1. The Morgan fingerprint density at radius 2 is 1.65 bits per heavy atom. The van der Waals surface area contributed by atoms with Crippen molar-refractivity contribution in [2.75, 3.05) is 6.61 Å². The van der Waals surface area contributed by atoms with Crippen molar-refractivity contribution in [3.8, 4) is 17.0 Å². The summed E-state index contributed by atoms with van der Waals surface area (Å²) >= 11 is 0. The molecule has 1 aromatic carbocycles. The van der Waals surface area contributed by atoms with E-state index < -0.39 is 11.7 Å². The minimum Gasteiger partial charge on any atom is -0.476 e. The van der Waals surface area contributed by atoms with Crippen LogP contribution in [-0.4, -0.2) is 17.6 Å². The van der Waals surface area contributed by atoms with Crippen LogP contribution in [0.1, 0.15) is 19.4 Å². The van der Waals surface area contributed by atoms with Crippen LogP contribution in [0.2, 0.25) is 0 Å². The molecule has 1 atom stereocenters. The number of nitrogens with two attached hydrogens (primary N) is 1. The number of nitrogens with zero attached hydrogens (tertiary/aromatic N) is 1. The van der Waals surface area contributed by atoms with Crippen LogP contribution in [0.4, 0.5) is 13.2 Å². The summed E-state index contributed by atoms with van der Waals surface area (Å²) in [6.07, 6.45) is -2.76. The first-order valence-electron chi connectivity index (χ1n) is 7.29. The van der Waals surface area contributed by atoms with Crippen molar-refractivity contribution in [3.05, 3.63) is 48.2 Å². The predicted octanol–water partition coefficient (Wildman–Crippen LogP) is 4.13. The Morgan fingerprint density at radius 3 is 2.13 bits per heavy atom. The fourth-order valence-electron chi connectivity index (χ4n) is 1.86. The highest BCUT2D eigenvalue weighted by molar-refractivity contribution is 5.63. The molecule has 0 saturated carbocycles. The summed E-state index contributed by atoms with van der Waals surface area (Å²) in [5.41, 5.74) is 6.60. The van der Waals surface area contributed by atoms with Gasteiger partial charge in [0.25, 0.3) is 0 Å². The zero-order chi connectivity index (χ0) is 17.0. The first-order valence-corrected chi connectivity index (χ1v) is 7.29. The van der Waals surface area contributed by atoms with Gasteiger partial charge in [-0.2, -0.15) is 13.2 Å². The Bertz CT molecular complexity index is 622. The number of hydrogen-bond donors (Lipinski definition) is 1. The van der Waals surface area contributed by atoms with E-state index in [1.165, 1.54) is 12.1 Å². The molecule has 6 heteroatoms. The third kappa shape index (κ3) is 4.69. The fourth-order valence-corrected chi connectivity index (χ4v) is 1.86. The van der Waals surface area contributed by atoms with E-state index in [0.29, 0.717) is 24.0 Å². The normalized spacial score (nSPS) is 13.2. The summed E-state index contributed by atoms with van der Waals surface area (Å²) in [6, 6.07) is 8.32. The Morgan fingerprint density at radius 1 is 1.04 bits per heavy atom. The minimum absolute atomic E-state index is 0.0774. The maximum atomic E-state index is 12.5. The van der Waals surface area contributed by atoms with E-state index in [1.54, 1.807) is 18.3 Å². The maximum absolute atomic E-state index is 12.5. The average molecular weight is 324 g/mol. The van der Waals surface area contributed by atoms with Gasteiger partial charge in [0.2, 0.25) is 5.88 Å². The number of pyridine rings is 1. The second kappa shape index (κ2) is 7.00. The molecule has 124 valence electrons. The number of rotatable bonds is 5. The molecule has 0 spiro atoms. The van der Waals surface area contributed by atoms with Crippen molar-refractivity contribution < 1.29 is 17.9 Å². The summed E-state index contributed by atoms with van der Waals surface area (Å²) < 4.78 is 43.1. The number of benzene rings is 1. The molecule has 0 aliphatic carbocycles. The van der Waals surface area contributed by atoms with Crippen molar-refractivity contribution >= 4 is 0 Å². The zero-order valence-corrected chi connectivity index (χ0v) is 13.0. The first kappa shape index (κ1) is 17.3. The van der Waals surface area contributed by atoms with Gasteiger partial charge in [0.1, 0.15) is 6.61 Å². The molecule has 0 amide bonds. The van der Waals surface area contributed by atoms with Gasteiger partial charge in [-0.15, -0.1) is 0 Å². The van der Waals surface area contributed by atoms with Gasteiger partial charge in [-0.1, -0.05) is 26.0 Å². The zero-order valence-electron chi connectivity index (χ0n) is 13.0. The van der Waals surface area contributed by atoms with Crippen molar-refractivity contribution in [1.29, 1.82) is 0 Å². The van der Waals surface area contributed by atoms with E-state index in [-0.39, 0.29) is 6.04 Å². The van der Waals surface area contributed by atoms with Gasteiger partial charge >= 0.3 is 6.18 Å². The third-order valence-corrected chi connectivity index (χ3v) is 3.56. The van der Waals surface area contributed by atoms with Gasteiger partial charge in [0.05, 0.1) is 5.56 Å². The van der Waals surface area contributed by atoms with Gasteiger partial charge < -0.3 is 10.5 Å². The number of alkyl halides is 3. The van der Waals surface area contributed by atoms with Crippen molar-refractivity contribution in [2.24, 2.45) is 11.7 Å². The molecule has 1 aromatic heterocycles. The van der Waals surface area contributed by atoms with E-state index in [0.717, 1.165) is 17.7 Å². The summed E-state index contributed by atoms with van der Waals surface area (Å²) in [4.78, 5) is 4.16. The van der Waals surface area contributed by atoms with Gasteiger partial charge in [-0.05, 0) is 29.7 Å². The summed E-state index contributed by atoms with van der Waals surface area (Å²) in [5, 5.41) is 0. The highest BCUT2D eigenvalue weighted by Gasteiger charge is 2.29. The molecule has 0 saturated heterocycles. The van der Waals surface area contributed by atoms with Crippen LogP contribution in [0.3, 0.4) is 0 Å². The molecule has 0 fully saturated rings. The molecule has 0 bridgehead atoms. The van der Waals surface area contributed by atoms with E-state index in [2.05, 4.69) is 4.98 Å². The number of halogens is 3. The topological polar surface area (TPSA) is 48.1 Å². The van der Waals surface area contributed by atoms with Gasteiger partial charge in [-0.25, -0.2) is 4.98 Å². The van der Waals surface area contributed by atoms with Crippen LogP contribution < -0.4 is 10.5 Å². The maximum Gasteiger partial charge on any atom is 0.416 e. The first-order chi connectivity index (χ1) is 10.8. The van der Waals surface area contributed by atoms with Gasteiger partial charge in [0, 0.05) is 23.9 Å². The van der Waals surface area contributed by atoms with Crippen molar-refractivity contribution in [1.82, 2.24) is 4.98 Å². The lowest BCUT2D eigenvalue weighted by Crippen LogP contribution is -2.33. The average Bonchev–Trinajstić information content (AvgIpc) is 2.52. The lowest BCUT2D eigenvalue weighted by Gasteiger charge is -2.15. The molecule has 3 nitrogen and oxygen atoms in total. The number of hydrogen-bond acceptors (Lipinski definition) is 3.